The summed E-state index contributed by atoms with van der Waals surface area (Å²) in [5.41, 5.74) is 1.64. The van der Waals surface area contributed by atoms with Crippen LogP contribution < -0.4 is 10.6 Å². The van der Waals surface area contributed by atoms with Crippen LogP contribution in [0.5, 0.6) is 0 Å². The average Bonchev–Trinajstić information content (AvgIpc) is 3.15. The topological polar surface area (TPSA) is 109 Å². The van der Waals surface area contributed by atoms with Gasteiger partial charge in [0.2, 0.25) is 11.9 Å². The van der Waals surface area contributed by atoms with Gasteiger partial charge in [0.1, 0.15) is 5.82 Å². The predicted molar refractivity (Wildman–Crippen MR) is 127 cm³/mol. The molecular weight excluding hydrogens is 459 g/mol. The summed E-state index contributed by atoms with van der Waals surface area (Å²) >= 11 is 1.47. The normalized spacial score (nSPS) is 14.6. The number of ether oxygens (including phenoxy) is 1. The molecule has 2 amide bonds. The Morgan fingerprint density at radius 2 is 2.09 bits per heavy atom. The third-order valence-corrected chi connectivity index (χ3v) is 6.60. The van der Waals surface area contributed by atoms with E-state index in [2.05, 4.69) is 25.6 Å². The number of carbonyl (C=O) groups is 2. The van der Waals surface area contributed by atoms with Gasteiger partial charge in [0.15, 0.2) is 5.69 Å². The maximum atomic E-state index is 13.6. The second-order valence-electron chi connectivity index (χ2n) is 8.34. The average molecular weight is 487 g/mol. The van der Waals surface area contributed by atoms with Crippen molar-refractivity contribution in [3.8, 4) is 0 Å². The van der Waals surface area contributed by atoms with Crippen molar-refractivity contribution in [2.24, 2.45) is 0 Å². The highest BCUT2D eigenvalue weighted by molar-refractivity contribution is 7.19. The number of halogens is 1. The highest BCUT2D eigenvalue weighted by Gasteiger charge is 2.34. The molecule has 1 saturated heterocycles. The summed E-state index contributed by atoms with van der Waals surface area (Å²) in [5, 5.41) is 6.10. The molecule has 3 aromatic rings. The number of nitrogens with one attached hydrogen (secondary N) is 2. The van der Waals surface area contributed by atoms with Crippen molar-refractivity contribution in [1.82, 2.24) is 25.2 Å². The minimum Gasteiger partial charge on any atom is -0.385 e. The van der Waals surface area contributed by atoms with Gasteiger partial charge in [-0.2, -0.15) is 0 Å². The first-order valence-electron chi connectivity index (χ1n) is 11.1. The highest BCUT2D eigenvalue weighted by Crippen LogP contribution is 2.30. The van der Waals surface area contributed by atoms with Crippen molar-refractivity contribution in [1.29, 1.82) is 0 Å². The van der Waals surface area contributed by atoms with Gasteiger partial charge in [-0.15, -0.1) is 11.3 Å². The van der Waals surface area contributed by atoms with Crippen molar-refractivity contribution in [3.05, 3.63) is 46.5 Å². The Morgan fingerprint density at radius 3 is 2.82 bits per heavy atom. The van der Waals surface area contributed by atoms with Gasteiger partial charge < -0.3 is 20.3 Å². The zero-order valence-corrected chi connectivity index (χ0v) is 20.1. The molecule has 9 nitrogen and oxygen atoms in total. The molecule has 4 heterocycles. The van der Waals surface area contributed by atoms with Crippen LogP contribution in [-0.4, -0.2) is 64.5 Å². The predicted octanol–water partition coefficient (Wildman–Crippen LogP) is 3.07. The van der Waals surface area contributed by atoms with E-state index in [1.165, 1.54) is 17.4 Å². The summed E-state index contributed by atoms with van der Waals surface area (Å²) in [7, 11) is 1.60. The Labute approximate surface area is 200 Å². The maximum absolute atomic E-state index is 13.6. The van der Waals surface area contributed by atoms with Gasteiger partial charge in [-0.1, -0.05) is 0 Å². The number of rotatable bonds is 9. The number of aryl methyl sites for hydroxylation is 1. The SMILES string of the molecule is COCCCC(=O)NC1CN(C(=O)c2nc(NC(C)c3cncc(F)c3)nc3cc(C)sc23)C1. The van der Waals surface area contributed by atoms with Crippen LogP contribution in [0.1, 0.15) is 46.7 Å². The fraction of sp³-hybridized carbons (Fsp3) is 0.435. The van der Waals surface area contributed by atoms with Gasteiger partial charge in [-0.05, 0) is 38.0 Å². The van der Waals surface area contributed by atoms with E-state index in [-0.39, 0.29) is 29.8 Å². The Morgan fingerprint density at radius 1 is 1.29 bits per heavy atom. The van der Waals surface area contributed by atoms with Crippen LogP contribution in [0.3, 0.4) is 0 Å². The van der Waals surface area contributed by atoms with Crippen molar-refractivity contribution < 1.29 is 18.7 Å². The summed E-state index contributed by atoms with van der Waals surface area (Å²) in [6.07, 6.45) is 3.78. The first-order valence-corrected chi connectivity index (χ1v) is 11.9. The quantitative estimate of drug-likeness (QED) is 0.448. The minimum absolute atomic E-state index is 0.0419. The molecule has 0 bridgehead atoms. The Kier molecular flexibility index (Phi) is 7.32. The molecule has 0 spiro atoms. The number of aromatic nitrogens is 3. The van der Waals surface area contributed by atoms with E-state index in [1.54, 1.807) is 18.2 Å². The molecule has 180 valence electrons. The first kappa shape index (κ1) is 24.0. The molecule has 4 rings (SSSR count). The first-order chi connectivity index (χ1) is 16.3. The lowest BCUT2D eigenvalue weighted by Gasteiger charge is -2.39. The van der Waals surface area contributed by atoms with Crippen molar-refractivity contribution in [2.45, 2.75) is 38.8 Å². The lowest BCUT2D eigenvalue weighted by atomic mass is 10.1. The zero-order valence-electron chi connectivity index (χ0n) is 19.3. The number of nitrogens with zero attached hydrogens (tertiary/aromatic N) is 4. The molecule has 1 aliphatic heterocycles. The number of thiophene rings is 1. The summed E-state index contributed by atoms with van der Waals surface area (Å²) < 4.78 is 19.3. The zero-order chi connectivity index (χ0) is 24.2. The summed E-state index contributed by atoms with van der Waals surface area (Å²) in [6, 6.07) is 2.93. The highest BCUT2D eigenvalue weighted by atomic mass is 32.1. The maximum Gasteiger partial charge on any atom is 0.274 e. The second kappa shape index (κ2) is 10.4. The van der Waals surface area contributed by atoms with Crippen LogP contribution in [0.25, 0.3) is 10.2 Å². The Hall–Kier alpha value is -3.18. The van der Waals surface area contributed by atoms with E-state index in [0.29, 0.717) is 49.3 Å². The lowest BCUT2D eigenvalue weighted by molar-refractivity contribution is -0.123. The van der Waals surface area contributed by atoms with Gasteiger partial charge in [0.05, 0.1) is 28.5 Å². The van der Waals surface area contributed by atoms with Crippen LogP contribution in [0.15, 0.2) is 24.5 Å². The molecule has 34 heavy (non-hydrogen) atoms. The van der Waals surface area contributed by atoms with Gasteiger partial charge in [-0.25, -0.2) is 14.4 Å². The molecule has 0 aliphatic carbocycles. The van der Waals surface area contributed by atoms with Gasteiger partial charge in [0.25, 0.3) is 5.91 Å². The monoisotopic (exact) mass is 486 g/mol. The molecule has 11 heteroatoms. The number of hydrogen-bond donors (Lipinski definition) is 2. The molecule has 2 N–H and O–H groups in total. The molecule has 0 aromatic carbocycles. The van der Waals surface area contributed by atoms with Gasteiger partial charge >= 0.3 is 0 Å². The summed E-state index contributed by atoms with van der Waals surface area (Å²) in [4.78, 5) is 40.9. The third-order valence-electron chi connectivity index (χ3n) is 5.56. The number of likely N-dealkylation sites (tertiary alicyclic amines) is 1. The van der Waals surface area contributed by atoms with E-state index < -0.39 is 5.82 Å². The van der Waals surface area contributed by atoms with Crippen LogP contribution in [-0.2, 0) is 9.53 Å². The number of methoxy groups -OCH3 is 1. The van der Waals surface area contributed by atoms with E-state index in [4.69, 9.17) is 4.74 Å². The summed E-state index contributed by atoms with van der Waals surface area (Å²) in [6.45, 7) is 5.20. The van der Waals surface area contributed by atoms with Crippen LogP contribution in [0.2, 0.25) is 0 Å². The third kappa shape index (κ3) is 5.48. The number of anilines is 1. The number of carbonyl (C=O) groups excluding carboxylic acids is 2. The van der Waals surface area contributed by atoms with E-state index in [9.17, 15) is 14.0 Å². The molecule has 0 radical (unpaired) electrons. The van der Waals surface area contributed by atoms with Crippen molar-refractivity contribution >= 4 is 39.3 Å². The van der Waals surface area contributed by atoms with Crippen LogP contribution in [0, 0.1) is 12.7 Å². The summed E-state index contributed by atoms with van der Waals surface area (Å²) in [5.74, 6) is -0.388. The van der Waals surface area contributed by atoms with Crippen molar-refractivity contribution in [3.63, 3.8) is 0 Å². The largest absolute Gasteiger partial charge is 0.385 e. The molecule has 3 aromatic heterocycles. The van der Waals surface area contributed by atoms with Crippen molar-refractivity contribution in [2.75, 3.05) is 32.1 Å². The number of fused-ring (bicyclic) bond motifs is 1. The smallest absolute Gasteiger partial charge is 0.274 e. The molecule has 0 saturated carbocycles. The van der Waals surface area contributed by atoms with Gasteiger partial charge in [0, 0.05) is 44.3 Å². The molecule has 1 aliphatic rings. The minimum atomic E-state index is -0.426. The number of pyridine rings is 1. The van der Waals surface area contributed by atoms with Gasteiger partial charge in [-0.3, -0.25) is 14.6 Å². The number of amides is 2. The van der Waals surface area contributed by atoms with E-state index in [1.807, 2.05) is 19.9 Å². The Balaban J connectivity index is 1.46. The fourth-order valence-corrected chi connectivity index (χ4v) is 4.69. The molecule has 1 fully saturated rings. The van der Waals surface area contributed by atoms with E-state index >= 15 is 0 Å². The standard InChI is InChI=1S/C23H27FN6O3S/c1-13-7-18-21(34-13)20(22(32)30-11-17(12-30)27-19(31)5-4-6-33-3)29-23(28-18)26-14(2)15-8-16(24)10-25-9-15/h7-10,14,17H,4-6,11-12H2,1-3H3,(H,27,31)(H,26,28,29). The van der Waals surface area contributed by atoms with Crippen LogP contribution >= 0.6 is 11.3 Å². The van der Waals surface area contributed by atoms with E-state index in [0.717, 1.165) is 15.8 Å². The lowest BCUT2D eigenvalue weighted by Crippen LogP contribution is -2.61. The van der Waals surface area contributed by atoms with Crippen LogP contribution in [0.4, 0.5) is 10.3 Å². The fourth-order valence-electron chi connectivity index (χ4n) is 3.76. The molecular formula is C23H27FN6O3S. The second-order valence-corrected chi connectivity index (χ2v) is 9.60. The Bertz CT molecular complexity index is 1200. The molecule has 1 atom stereocenters. The molecule has 1 unspecified atom stereocenters. The number of hydrogen-bond acceptors (Lipinski definition) is 8.